The first-order chi connectivity index (χ1) is 14.6. The minimum atomic E-state index is -4.32. The van der Waals surface area contributed by atoms with Crippen LogP contribution in [0.4, 0.5) is 11.4 Å². The van der Waals surface area contributed by atoms with Gasteiger partial charge in [0.05, 0.1) is 27.8 Å². The van der Waals surface area contributed by atoms with Crippen LogP contribution in [0.5, 0.6) is 0 Å². The Morgan fingerprint density at radius 1 is 1.16 bits per heavy atom. The van der Waals surface area contributed by atoms with Gasteiger partial charge >= 0.3 is 0 Å². The molecule has 2 aromatic rings. The number of halogens is 2. The zero-order valence-electron chi connectivity index (χ0n) is 16.9. The second kappa shape index (κ2) is 9.44. The molecule has 0 spiro atoms. The van der Waals surface area contributed by atoms with Gasteiger partial charge in [0.1, 0.15) is 10.9 Å². The van der Waals surface area contributed by atoms with Crippen LogP contribution < -0.4 is 14.9 Å². The van der Waals surface area contributed by atoms with Gasteiger partial charge in [0.25, 0.3) is 10.0 Å². The number of hydrogen-bond donors (Lipinski definition) is 2. The summed E-state index contributed by atoms with van der Waals surface area (Å²) in [6.07, 6.45) is -0.356. The predicted octanol–water partition coefficient (Wildman–Crippen LogP) is 2.58. The Bertz CT molecular complexity index is 1110. The second-order valence-corrected chi connectivity index (χ2v) is 9.80. The Morgan fingerprint density at radius 2 is 1.87 bits per heavy atom. The van der Waals surface area contributed by atoms with Crippen molar-refractivity contribution in [3.63, 3.8) is 0 Å². The van der Waals surface area contributed by atoms with Gasteiger partial charge in [0.15, 0.2) is 0 Å². The van der Waals surface area contributed by atoms with Gasteiger partial charge in [-0.1, -0.05) is 41.4 Å². The van der Waals surface area contributed by atoms with Crippen molar-refractivity contribution in [1.29, 1.82) is 0 Å². The summed E-state index contributed by atoms with van der Waals surface area (Å²) in [7, 11) is -0.599. The molecule has 0 saturated carbocycles. The zero-order chi connectivity index (χ0) is 22.8. The number of fused-ring (bicyclic) bond motifs is 1. The number of nitrogens with zero attached hydrogens (tertiary/aromatic N) is 2. The fourth-order valence-corrected chi connectivity index (χ4v) is 5.56. The zero-order valence-corrected chi connectivity index (χ0v) is 19.3. The first-order valence-electron chi connectivity index (χ1n) is 9.42. The third-order valence-corrected chi connectivity index (χ3v) is 7.49. The maximum absolute atomic E-state index is 13.6. The van der Waals surface area contributed by atoms with Crippen LogP contribution >= 0.6 is 23.2 Å². The summed E-state index contributed by atoms with van der Waals surface area (Å²) < 4.78 is 28.2. The number of hydrogen-bond acceptors (Lipinski definition) is 5. The molecule has 2 aromatic carbocycles. The van der Waals surface area contributed by atoms with Crippen LogP contribution in [0.25, 0.3) is 0 Å². The lowest BCUT2D eigenvalue weighted by molar-refractivity contribution is -0.125. The Labute approximate surface area is 191 Å². The van der Waals surface area contributed by atoms with Gasteiger partial charge in [-0.15, -0.1) is 0 Å². The average Bonchev–Trinajstić information content (AvgIpc) is 2.70. The minimum absolute atomic E-state index is 0.0652. The number of benzene rings is 2. The van der Waals surface area contributed by atoms with Gasteiger partial charge in [0, 0.05) is 13.1 Å². The van der Waals surface area contributed by atoms with E-state index >= 15 is 0 Å². The number of carbonyl (C=O) groups is 2. The first-order valence-corrected chi connectivity index (χ1v) is 11.6. The number of para-hydroxylation sites is 2. The summed E-state index contributed by atoms with van der Waals surface area (Å²) in [5, 5.41) is 5.30. The number of likely N-dealkylation sites (N-methyl/N-ethyl adjacent to an activating group) is 1. The first kappa shape index (κ1) is 23.3. The van der Waals surface area contributed by atoms with E-state index in [1.54, 1.807) is 24.3 Å². The van der Waals surface area contributed by atoms with Gasteiger partial charge < -0.3 is 15.5 Å². The molecule has 0 saturated heterocycles. The van der Waals surface area contributed by atoms with E-state index in [9.17, 15) is 18.0 Å². The highest BCUT2D eigenvalue weighted by Gasteiger charge is 2.42. The number of sulfonamides is 1. The van der Waals surface area contributed by atoms with E-state index in [4.69, 9.17) is 23.2 Å². The molecule has 1 atom stereocenters. The lowest BCUT2D eigenvalue weighted by Crippen LogP contribution is -2.53. The van der Waals surface area contributed by atoms with Crippen molar-refractivity contribution >= 4 is 56.4 Å². The van der Waals surface area contributed by atoms with E-state index in [1.165, 1.54) is 18.2 Å². The second-order valence-electron chi connectivity index (χ2n) is 7.23. The number of anilines is 2. The highest BCUT2D eigenvalue weighted by atomic mass is 35.5. The minimum Gasteiger partial charge on any atom is -0.355 e. The molecule has 0 aromatic heterocycles. The predicted molar refractivity (Wildman–Crippen MR) is 121 cm³/mol. The molecule has 2 amide bonds. The highest BCUT2D eigenvalue weighted by Crippen LogP contribution is 2.39. The Kier molecular flexibility index (Phi) is 7.10. The molecule has 0 bridgehead atoms. The molecule has 1 heterocycles. The molecule has 0 fully saturated rings. The fourth-order valence-electron chi connectivity index (χ4n) is 3.19. The van der Waals surface area contributed by atoms with E-state index in [-0.39, 0.29) is 27.0 Å². The maximum atomic E-state index is 13.6. The molecule has 11 heteroatoms. The van der Waals surface area contributed by atoms with E-state index in [2.05, 4.69) is 10.6 Å². The SMILES string of the molecule is CN(C)CCNC(=O)CC1C(=O)Nc2ccccc2N1S(=O)(=O)c1cccc(Cl)c1Cl. The van der Waals surface area contributed by atoms with Gasteiger partial charge in [0.2, 0.25) is 11.8 Å². The van der Waals surface area contributed by atoms with Crippen molar-refractivity contribution in [3.05, 3.63) is 52.5 Å². The maximum Gasteiger partial charge on any atom is 0.266 e. The summed E-state index contributed by atoms with van der Waals surface area (Å²) in [5.74, 6) is -1.05. The topological polar surface area (TPSA) is 98.8 Å². The van der Waals surface area contributed by atoms with Crippen molar-refractivity contribution in [2.75, 3.05) is 36.8 Å². The number of nitrogens with one attached hydrogen (secondary N) is 2. The molecule has 3 rings (SSSR count). The standard InChI is InChI=1S/C20H22Cl2N4O4S/c1-25(2)11-10-23-18(27)12-16-20(28)24-14-7-3-4-8-15(14)26(16)31(29,30)17-9-5-6-13(21)19(17)22/h3-9,16H,10-12H2,1-2H3,(H,23,27)(H,24,28). The molecule has 1 aliphatic rings. The Hall–Kier alpha value is -2.33. The van der Waals surface area contributed by atoms with E-state index in [0.29, 0.717) is 18.8 Å². The number of amides is 2. The number of carbonyl (C=O) groups excluding carboxylic acids is 2. The van der Waals surface area contributed by atoms with Crippen LogP contribution in [0.1, 0.15) is 6.42 Å². The van der Waals surface area contributed by atoms with Crippen LogP contribution in [0.2, 0.25) is 10.0 Å². The molecule has 31 heavy (non-hydrogen) atoms. The Morgan fingerprint density at radius 3 is 2.58 bits per heavy atom. The normalized spacial score (nSPS) is 16.1. The lowest BCUT2D eigenvalue weighted by Gasteiger charge is -2.36. The van der Waals surface area contributed by atoms with Crippen molar-refractivity contribution in [2.24, 2.45) is 0 Å². The molecule has 0 aliphatic carbocycles. The third kappa shape index (κ3) is 4.95. The van der Waals surface area contributed by atoms with Crippen LogP contribution in [0.3, 0.4) is 0 Å². The molecule has 1 unspecified atom stereocenters. The monoisotopic (exact) mass is 484 g/mol. The van der Waals surface area contributed by atoms with Crippen molar-refractivity contribution in [1.82, 2.24) is 10.2 Å². The molecular formula is C20H22Cl2N4O4S. The fraction of sp³-hybridized carbons (Fsp3) is 0.300. The summed E-state index contributed by atoms with van der Waals surface area (Å²) in [6.45, 7) is 0.967. The van der Waals surface area contributed by atoms with Gasteiger partial charge in [-0.25, -0.2) is 8.42 Å². The van der Waals surface area contributed by atoms with Crippen LogP contribution in [-0.4, -0.2) is 58.4 Å². The molecular weight excluding hydrogens is 463 g/mol. The van der Waals surface area contributed by atoms with Crippen molar-refractivity contribution in [3.8, 4) is 0 Å². The molecule has 8 nitrogen and oxygen atoms in total. The smallest absolute Gasteiger partial charge is 0.266 e. The highest BCUT2D eigenvalue weighted by molar-refractivity contribution is 7.93. The van der Waals surface area contributed by atoms with Crippen LogP contribution in [0.15, 0.2) is 47.4 Å². The molecule has 166 valence electrons. The van der Waals surface area contributed by atoms with Crippen molar-refractivity contribution < 1.29 is 18.0 Å². The molecule has 0 radical (unpaired) electrons. The van der Waals surface area contributed by atoms with Gasteiger partial charge in [-0.05, 0) is 38.4 Å². The molecule has 2 N–H and O–H groups in total. The largest absolute Gasteiger partial charge is 0.355 e. The van der Waals surface area contributed by atoms with Crippen molar-refractivity contribution in [2.45, 2.75) is 17.4 Å². The lowest BCUT2D eigenvalue weighted by atomic mass is 10.1. The summed E-state index contributed by atoms with van der Waals surface area (Å²) in [6, 6.07) is 9.40. The summed E-state index contributed by atoms with van der Waals surface area (Å²) in [5.41, 5.74) is 0.558. The summed E-state index contributed by atoms with van der Waals surface area (Å²) >= 11 is 12.2. The van der Waals surface area contributed by atoms with E-state index in [1.807, 2.05) is 19.0 Å². The Balaban J connectivity index is 2.02. The van der Waals surface area contributed by atoms with Gasteiger partial charge in [-0.3, -0.25) is 13.9 Å². The van der Waals surface area contributed by atoms with Gasteiger partial charge in [-0.2, -0.15) is 0 Å². The summed E-state index contributed by atoms with van der Waals surface area (Å²) in [4.78, 5) is 27.0. The third-order valence-electron chi connectivity index (χ3n) is 4.70. The number of rotatable bonds is 7. The average molecular weight is 485 g/mol. The van der Waals surface area contributed by atoms with E-state index < -0.39 is 27.9 Å². The van der Waals surface area contributed by atoms with Crippen LogP contribution in [0, 0.1) is 0 Å². The van der Waals surface area contributed by atoms with Crippen LogP contribution in [-0.2, 0) is 19.6 Å². The molecule has 1 aliphatic heterocycles. The van der Waals surface area contributed by atoms with E-state index in [0.717, 1.165) is 4.31 Å². The quantitative estimate of drug-likeness (QED) is 0.628.